The van der Waals surface area contributed by atoms with E-state index in [9.17, 15) is 4.79 Å². The third-order valence-corrected chi connectivity index (χ3v) is 5.75. The van der Waals surface area contributed by atoms with Gasteiger partial charge in [0.2, 0.25) is 0 Å². The number of hydrogen-bond acceptors (Lipinski definition) is 2. The van der Waals surface area contributed by atoms with E-state index in [4.69, 9.17) is 0 Å². The van der Waals surface area contributed by atoms with Crippen molar-refractivity contribution in [3.63, 3.8) is 0 Å². The quantitative estimate of drug-likeness (QED) is 0.776. The Morgan fingerprint density at radius 3 is 2.48 bits per heavy atom. The zero-order valence-corrected chi connectivity index (χ0v) is 15.3. The number of Topliss-reactive ketones (excluding diaryl/α,β-unsaturated/α-hetero) is 1. The van der Waals surface area contributed by atoms with Gasteiger partial charge in [-0.15, -0.1) is 0 Å². The average Bonchev–Trinajstić information content (AvgIpc) is 2.75. The first kappa shape index (κ1) is 16.7. The SMILES string of the molecule is CCc1nn(CC)c(CC(=O)C2CCC(C)(C)CC2)c1Br. The largest absolute Gasteiger partial charge is 0.299 e. The van der Waals surface area contributed by atoms with E-state index in [1.807, 2.05) is 4.68 Å². The number of hydrogen-bond donors (Lipinski definition) is 0. The summed E-state index contributed by atoms with van der Waals surface area (Å²) in [5.41, 5.74) is 2.53. The highest BCUT2D eigenvalue weighted by Crippen LogP contribution is 2.38. The molecule has 0 spiro atoms. The maximum atomic E-state index is 12.6. The van der Waals surface area contributed by atoms with E-state index in [1.165, 1.54) is 0 Å². The van der Waals surface area contributed by atoms with Crippen LogP contribution < -0.4 is 0 Å². The van der Waals surface area contributed by atoms with Crippen molar-refractivity contribution in [3.8, 4) is 0 Å². The van der Waals surface area contributed by atoms with Crippen LogP contribution in [-0.2, 0) is 24.2 Å². The van der Waals surface area contributed by atoms with E-state index >= 15 is 0 Å². The summed E-state index contributed by atoms with van der Waals surface area (Å²) in [5.74, 6) is 0.638. The lowest BCUT2D eigenvalue weighted by molar-refractivity contribution is -0.123. The molecular formula is C17H27BrN2O. The van der Waals surface area contributed by atoms with Crippen LogP contribution in [0.25, 0.3) is 0 Å². The highest BCUT2D eigenvalue weighted by Gasteiger charge is 2.31. The lowest BCUT2D eigenvalue weighted by Crippen LogP contribution is -2.27. The molecule has 1 aromatic rings. The fourth-order valence-corrected chi connectivity index (χ4v) is 3.92. The van der Waals surface area contributed by atoms with Crippen molar-refractivity contribution in [2.75, 3.05) is 0 Å². The molecule has 0 aliphatic heterocycles. The van der Waals surface area contributed by atoms with Gasteiger partial charge in [-0.25, -0.2) is 0 Å². The van der Waals surface area contributed by atoms with E-state index in [2.05, 4.69) is 48.7 Å². The first-order valence-electron chi connectivity index (χ1n) is 8.14. The summed E-state index contributed by atoms with van der Waals surface area (Å²) >= 11 is 3.64. The minimum atomic E-state index is 0.246. The first-order valence-corrected chi connectivity index (χ1v) is 8.94. The van der Waals surface area contributed by atoms with Crippen LogP contribution in [0.5, 0.6) is 0 Å². The Bertz CT molecular complexity index is 509. The second-order valence-electron chi connectivity index (χ2n) is 6.96. The molecule has 0 amide bonds. The number of rotatable bonds is 5. The van der Waals surface area contributed by atoms with Crippen molar-refractivity contribution < 1.29 is 4.79 Å². The molecule has 0 atom stereocenters. The van der Waals surface area contributed by atoms with E-state index in [0.29, 0.717) is 17.6 Å². The Labute approximate surface area is 136 Å². The molecule has 0 saturated heterocycles. The lowest BCUT2D eigenvalue weighted by atomic mass is 9.71. The summed E-state index contributed by atoms with van der Waals surface area (Å²) in [5, 5.41) is 4.59. The van der Waals surface area contributed by atoms with Crippen molar-refractivity contribution >= 4 is 21.7 Å². The topological polar surface area (TPSA) is 34.9 Å². The number of aryl methyl sites for hydroxylation is 2. The van der Waals surface area contributed by atoms with Crippen LogP contribution in [0, 0.1) is 11.3 Å². The molecule has 1 saturated carbocycles. The van der Waals surface area contributed by atoms with E-state index in [1.54, 1.807) is 0 Å². The number of nitrogens with zero attached hydrogens (tertiary/aromatic N) is 2. The van der Waals surface area contributed by atoms with Crippen LogP contribution in [-0.4, -0.2) is 15.6 Å². The van der Waals surface area contributed by atoms with Crippen molar-refractivity contribution in [2.45, 2.75) is 72.8 Å². The molecule has 0 aromatic carbocycles. The van der Waals surface area contributed by atoms with Crippen molar-refractivity contribution in [3.05, 3.63) is 15.9 Å². The third kappa shape index (κ3) is 3.77. The standard InChI is InChI=1S/C17H27BrN2O/c1-5-13-16(18)14(20(6-2)19-13)11-15(21)12-7-9-17(3,4)10-8-12/h12H,5-11H2,1-4H3. The summed E-state index contributed by atoms with van der Waals surface area (Å²) in [4.78, 5) is 12.6. The van der Waals surface area contributed by atoms with Crippen LogP contribution >= 0.6 is 15.9 Å². The van der Waals surface area contributed by atoms with Crippen molar-refractivity contribution in [2.24, 2.45) is 11.3 Å². The monoisotopic (exact) mass is 354 g/mol. The molecule has 0 radical (unpaired) electrons. The maximum Gasteiger partial charge on any atom is 0.141 e. The van der Waals surface area contributed by atoms with E-state index < -0.39 is 0 Å². The normalized spacial score (nSPS) is 18.9. The molecule has 2 rings (SSSR count). The molecule has 0 bridgehead atoms. The minimum Gasteiger partial charge on any atom is -0.299 e. The third-order valence-electron chi connectivity index (χ3n) is 4.83. The summed E-state index contributed by atoms with van der Waals surface area (Å²) in [7, 11) is 0. The zero-order valence-electron chi connectivity index (χ0n) is 13.7. The molecule has 118 valence electrons. The van der Waals surface area contributed by atoms with Gasteiger partial charge in [-0.1, -0.05) is 20.8 Å². The predicted molar refractivity (Wildman–Crippen MR) is 89.4 cm³/mol. The summed E-state index contributed by atoms with van der Waals surface area (Å²) < 4.78 is 3.02. The Balaban J connectivity index is 2.08. The van der Waals surface area contributed by atoms with Gasteiger partial charge in [0.1, 0.15) is 5.78 Å². The van der Waals surface area contributed by atoms with Gasteiger partial charge in [-0.3, -0.25) is 9.48 Å². The number of aromatic nitrogens is 2. The first-order chi connectivity index (χ1) is 9.88. The molecule has 3 nitrogen and oxygen atoms in total. The Morgan fingerprint density at radius 2 is 1.95 bits per heavy atom. The molecule has 1 heterocycles. The number of ketones is 1. The van der Waals surface area contributed by atoms with Gasteiger partial charge < -0.3 is 0 Å². The molecule has 1 aliphatic carbocycles. The fraction of sp³-hybridized carbons (Fsp3) is 0.765. The highest BCUT2D eigenvalue weighted by atomic mass is 79.9. The molecule has 1 aliphatic rings. The van der Waals surface area contributed by atoms with Gasteiger partial charge in [0.05, 0.1) is 15.9 Å². The molecular weight excluding hydrogens is 328 g/mol. The van der Waals surface area contributed by atoms with Gasteiger partial charge in [0.15, 0.2) is 0 Å². The predicted octanol–water partition coefficient (Wildman–Crippen LogP) is 4.56. The zero-order chi connectivity index (χ0) is 15.6. The Kier molecular flexibility index (Phi) is 5.29. The molecule has 0 unspecified atom stereocenters. The Morgan fingerprint density at radius 1 is 1.33 bits per heavy atom. The summed E-state index contributed by atoms with van der Waals surface area (Å²) in [6.45, 7) is 9.62. The average molecular weight is 355 g/mol. The number of carbonyl (C=O) groups is 1. The van der Waals surface area contributed by atoms with Gasteiger partial charge in [-0.05, 0) is 60.4 Å². The lowest BCUT2D eigenvalue weighted by Gasteiger charge is -2.33. The van der Waals surface area contributed by atoms with Gasteiger partial charge >= 0.3 is 0 Å². The van der Waals surface area contributed by atoms with Gasteiger partial charge in [0.25, 0.3) is 0 Å². The molecule has 21 heavy (non-hydrogen) atoms. The van der Waals surface area contributed by atoms with Crippen LogP contribution in [0.2, 0.25) is 0 Å². The van der Waals surface area contributed by atoms with Crippen molar-refractivity contribution in [1.29, 1.82) is 0 Å². The van der Waals surface area contributed by atoms with E-state index in [-0.39, 0.29) is 5.92 Å². The highest BCUT2D eigenvalue weighted by molar-refractivity contribution is 9.10. The van der Waals surface area contributed by atoms with Crippen LogP contribution in [0.1, 0.15) is 64.8 Å². The maximum absolute atomic E-state index is 12.6. The van der Waals surface area contributed by atoms with Crippen molar-refractivity contribution in [1.82, 2.24) is 9.78 Å². The van der Waals surface area contributed by atoms with Gasteiger partial charge in [0, 0.05) is 18.9 Å². The minimum absolute atomic E-state index is 0.246. The number of carbonyl (C=O) groups excluding carboxylic acids is 1. The van der Waals surface area contributed by atoms with E-state index in [0.717, 1.165) is 54.5 Å². The van der Waals surface area contributed by atoms with Gasteiger partial charge in [-0.2, -0.15) is 5.10 Å². The molecule has 1 aromatic heterocycles. The number of halogens is 1. The summed E-state index contributed by atoms with van der Waals surface area (Å²) in [6.07, 6.45) is 5.84. The van der Waals surface area contributed by atoms with Crippen LogP contribution in [0.4, 0.5) is 0 Å². The summed E-state index contributed by atoms with van der Waals surface area (Å²) in [6, 6.07) is 0. The Hall–Kier alpha value is -0.640. The fourth-order valence-electron chi connectivity index (χ4n) is 3.22. The smallest absolute Gasteiger partial charge is 0.141 e. The van der Waals surface area contributed by atoms with Crippen LogP contribution in [0.15, 0.2) is 4.47 Å². The molecule has 0 N–H and O–H groups in total. The second kappa shape index (κ2) is 6.64. The molecule has 4 heteroatoms. The van der Waals surface area contributed by atoms with Crippen LogP contribution in [0.3, 0.4) is 0 Å². The second-order valence-corrected chi connectivity index (χ2v) is 7.75. The molecule has 1 fully saturated rings.